The number of aromatic nitrogens is 1. The quantitative estimate of drug-likeness (QED) is 0.875. The number of halogens is 1. The van der Waals surface area contributed by atoms with Gasteiger partial charge in [0.25, 0.3) is 0 Å². The van der Waals surface area contributed by atoms with Crippen LogP contribution in [-0.4, -0.2) is 30.0 Å². The number of hydrogen-bond donors (Lipinski definition) is 1. The van der Waals surface area contributed by atoms with Crippen molar-refractivity contribution in [2.75, 3.05) is 18.0 Å². The van der Waals surface area contributed by atoms with E-state index >= 15 is 0 Å². The van der Waals surface area contributed by atoms with E-state index in [4.69, 9.17) is 0 Å². The third-order valence-electron chi connectivity index (χ3n) is 3.69. The summed E-state index contributed by atoms with van der Waals surface area (Å²) in [6.07, 6.45) is 3.63. The molecule has 0 aliphatic carbocycles. The first-order valence-electron chi connectivity index (χ1n) is 7.43. The molecule has 1 unspecified atom stereocenters. The number of nitriles is 1. The van der Waals surface area contributed by atoms with Gasteiger partial charge in [0, 0.05) is 35.2 Å². The number of piperidine rings is 1. The highest BCUT2D eigenvalue weighted by Crippen LogP contribution is 2.24. The molecule has 2 heterocycles. The molecule has 1 aromatic rings. The summed E-state index contributed by atoms with van der Waals surface area (Å²) in [5.74, 6) is 0.754. The van der Waals surface area contributed by atoms with Gasteiger partial charge in [-0.25, -0.2) is 4.98 Å². The monoisotopic (exact) mass is 364 g/mol. The average Bonchev–Trinajstić information content (AvgIpc) is 2.46. The van der Waals surface area contributed by atoms with Crippen LogP contribution in [-0.2, 0) is 4.79 Å². The van der Waals surface area contributed by atoms with E-state index in [2.05, 4.69) is 37.2 Å². The van der Waals surface area contributed by atoms with Gasteiger partial charge in [-0.3, -0.25) is 4.79 Å². The van der Waals surface area contributed by atoms with Crippen LogP contribution < -0.4 is 10.2 Å². The Labute approximate surface area is 139 Å². The van der Waals surface area contributed by atoms with Gasteiger partial charge in [0.05, 0.1) is 5.56 Å². The van der Waals surface area contributed by atoms with E-state index in [1.165, 1.54) is 0 Å². The smallest absolute Gasteiger partial charge is 0.225 e. The molecule has 5 nitrogen and oxygen atoms in total. The Morgan fingerprint density at radius 2 is 2.27 bits per heavy atom. The highest BCUT2D eigenvalue weighted by molar-refractivity contribution is 9.10. The van der Waals surface area contributed by atoms with Gasteiger partial charge in [-0.15, -0.1) is 0 Å². The van der Waals surface area contributed by atoms with Crippen molar-refractivity contribution >= 4 is 27.7 Å². The van der Waals surface area contributed by atoms with Crippen LogP contribution in [0.5, 0.6) is 0 Å². The fourth-order valence-electron chi connectivity index (χ4n) is 2.46. The summed E-state index contributed by atoms with van der Waals surface area (Å²) in [6.45, 7) is 7.27. The standard InChI is InChI=1S/C16H21BrN4O/c1-16(2,3)15(22)20-13-5-4-6-21(10-13)14-11(8-18)7-12(17)9-19-14/h7,9,13H,4-6,10H2,1-3H3,(H,20,22). The molecular weight excluding hydrogens is 344 g/mol. The first kappa shape index (κ1) is 16.8. The van der Waals surface area contributed by atoms with Crippen LogP contribution >= 0.6 is 15.9 Å². The van der Waals surface area contributed by atoms with Gasteiger partial charge in [-0.2, -0.15) is 5.26 Å². The van der Waals surface area contributed by atoms with E-state index in [-0.39, 0.29) is 11.9 Å². The van der Waals surface area contributed by atoms with Crippen molar-refractivity contribution in [3.05, 3.63) is 22.3 Å². The average molecular weight is 365 g/mol. The number of amides is 1. The minimum atomic E-state index is -0.393. The number of nitrogens with zero attached hydrogens (tertiary/aromatic N) is 3. The van der Waals surface area contributed by atoms with E-state index in [1.54, 1.807) is 12.3 Å². The molecule has 1 N–H and O–H groups in total. The van der Waals surface area contributed by atoms with E-state index in [0.29, 0.717) is 17.9 Å². The van der Waals surface area contributed by atoms with Crippen molar-refractivity contribution in [1.82, 2.24) is 10.3 Å². The number of pyridine rings is 1. The Morgan fingerprint density at radius 1 is 1.55 bits per heavy atom. The van der Waals surface area contributed by atoms with E-state index < -0.39 is 5.41 Å². The lowest BCUT2D eigenvalue weighted by Crippen LogP contribution is -2.50. The first-order chi connectivity index (χ1) is 10.3. The first-order valence-corrected chi connectivity index (χ1v) is 8.22. The lowest BCUT2D eigenvalue weighted by Gasteiger charge is -2.35. The molecule has 118 valence electrons. The van der Waals surface area contributed by atoms with Gasteiger partial charge in [-0.1, -0.05) is 20.8 Å². The normalized spacial score (nSPS) is 18.7. The van der Waals surface area contributed by atoms with E-state index in [9.17, 15) is 10.1 Å². The zero-order valence-corrected chi connectivity index (χ0v) is 14.8. The minimum absolute atomic E-state index is 0.0589. The topological polar surface area (TPSA) is 69.0 Å². The summed E-state index contributed by atoms with van der Waals surface area (Å²) in [5, 5.41) is 12.4. The number of hydrogen-bond acceptors (Lipinski definition) is 4. The molecule has 1 atom stereocenters. The summed E-state index contributed by atoms with van der Waals surface area (Å²) in [6, 6.07) is 4.06. The molecule has 1 saturated heterocycles. The molecule has 22 heavy (non-hydrogen) atoms. The summed E-state index contributed by atoms with van der Waals surface area (Å²) in [4.78, 5) is 18.6. The molecular formula is C16H21BrN4O. The second-order valence-electron chi connectivity index (χ2n) is 6.65. The summed E-state index contributed by atoms with van der Waals surface area (Å²) in [5.41, 5.74) is 0.160. The number of carbonyl (C=O) groups excluding carboxylic acids is 1. The predicted octanol–water partition coefficient (Wildman–Crippen LogP) is 2.85. The maximum atomic E-state index is 12.1. The van der Waals surface area contributed by atoms with Crippen LogP contribution in [0.3, 0.4) is 0 Å². The van der Waals surface area contributed by atoms with Crippen molar-refractivity contribution in [3.8, 4) is 6.07 Å². The van der Waals surface area contributed by atoms with Gasteiger partial charge in [0.2, 0.25) is 5.91 Å². The van der Waals surface area contributed by atoms with Crippen LogP contribution in [0.2, 0.25) is 0 Å². The molecule has 0 radical (unpaired) electrons. The number of nitrogens with one attached hydrogen (secondary N) is 1. The zero-order valence-electron chi connectivity index (χ0n) is 13.2. The molecule has 0 bridgehead atoms. The minimum Gasteiger partial charge on any atom is -0.353 e. The second kappa shape index (κ2) is 6.66. The molecule has 0 aromatic carbocycles. The highest BCUT2D eigenvalue weighted by atomic mass is 79.9. The molecule has 1 amide bonds. The SMILES string of the molecule is CC(C)(C)C(=O)NC1CCCN(c2ncc(Br)cc2C#N)C1. The van der Waals surface area contributed by atoms with Crippen molar-refractivity contribution < 1.29 is 4.79 Å². The molecule has 0 spiro atoms. The van der Waals surface area contributed by atoms with Crippen LogP contribution in [0.1, 0.15) is 39.2 Å². The fraction of sp³-hybridized carbons (Fsp3) is 0.562. The summed E-state index contributed by atoms with van der Waals surface area (Å²) in [7, 11) is 0. The van der Waals surface area contributed by atoms with Crippen LogP contribution in [0.25, 0.3) is 0 Å². The van der Waals surface area contributed by atoms with E-state index in [0.717, 1.165) is 23.9 Å². The third kappa shape index (κ3) is 3.98. The van der Waals surface area contributed by atoms with Gasteiger partial charge in [0.1, 0.15) is 11.9 Å². The maximum absolute atomic E-state index is 12.1. The fourth-order valence-corrected chi connectivity index (χ4v) is 2.79. The molecule has 2 rings (SSSR count). The Hall–Kier alpha value is -1.61. The molecule has 6 heteroatoms. The van der Waals surface area contributed by atoms with Crippen LogP contribution in [0, 0.1) is 16.7 Å². The molecule has 0 saturated carbocycles. The molecule has 1 fully saturated rings. The lowest BCUT2D eigenvalue weighted by molar-refractivity contribution is -0.129. The Bertz CT molecular complexity index is 603. The van der Waals surface area contributed by atoms with Gasteiger partial charge in [-0.05, 0) is 34.8 Å². The predicted molar refractivity (Wildman–Crippen MR) is 89.5 cm³/mol. The van der Waals surface area contributed by atoms with Gasteiger partial charge < -0.3 is 10.2 Å². The van der Waals surface area contributed by atoms with E-state index in [1.807, 2.05) is 20.8 Å². The van der Waals surface area contributed by atoms with Crippen LogP contribution in [0.4, 0.5) is 5.82 Å². The third-order valence-corrected chi connectivity index (χ3v) is 4.12. The zero-order chi connectivity index (χ0) is 16.3. The Kier molecular flexibility index (Phi) is 5.07. The Morgan fingerprint density at radius 3 is 2.91 bits per heavy atom. The molecule has 1 aromatic heterocycles. The summed E-state index contributed by atoms with van der Waals surface area (Å²) >= 11 is 3.34. The van der Waals surface area contributed by atoms with Crippen LogP contribution in [0.15, 0.2) is 16.7 Å². The number of carbonyl (C=O) groups is 1. The number of rotatable bonds is 2. The largest absolute Gasteiger partial charge is 0.353 e. The lowest BCUT2D eigenvalue weighted by atomic mass is 9.94. The Balaban J connectivity index is 2.11. The molecule has 1 aliphatic rings. The highest BCUT2D eigenvalue weighted by Gasteiger charge is 2.28. The van der Waals surface area contributed by atoms with Crippen molar-refractivity contribution in [2.24, 2.45) is 5.41 Å². The summed E-state index contributed by atoms with van der Waals surface area (Å²) < 4.78 is 0.794. The van der Waals surface area contributed by atoms with Gasteiger partial charge >= 0.3 is 0 Å². The molecule has 1 aliphatic heterocycles. The maximum Gasteiger partial charge on any atom is 0.225 e. The van der Waals surface area contributed by atoms with Crippen molar-refractivity contribution in [2.45, 2.75) is 39.7 Å². The van der Waals surface area contributed by atoms with Crippen molar-refractivity contribution in [3.63, 3.8) is 0 Å². The van der Waals surface area contributed by atoms with Crippen molar-refractivity contribution in [1.29, 1.82) is 5.26 Å². The second-order valence-corrected chi connectivity index (χ2v) is 7.56. The van der Waals surface area contributed by atoms with Gasteiger partial charge in [0.15, 0.2) is 0 Å². The number of anilines is 1.